The molecule has 1 saturated carbocycles. The maximum Gasteiger partial charge on any atom is 0.308 e. The summed E-state index contributed by atoms with van der Waals surface area (Å²) in [5.74, 6) is -0.113. The summed E-state index contributed by atoms with van der Waals surface area (Å²) in [6, 6.07) is 0.509. The Morgan fingerprint density at radius 1 is 1.44 bits per heavy atom. The van der Waals surface area contributed by atoms with Crippen molar-refractivity contribution in [3.8, 4) is 0 Å². The first kappa shape index (κ1) is 11.6. The lowest BCUT2D eigenvalue weighted by Crippen LogP contribution is -2.33. The molecular formula is C11H17N5O2. The highest BCUT2D eigenvalue weighted by Crippen LogP contribution is 2.35. The molecule has 0 radical (unpaired) electrons. The largest absolute Gasteiger partial charge is 0.481 e. The summed E-state index contributed by atoms with van der Waals surface area (Å²) >= 11 is 0. The van der Waals surface area contributed by atoms with Crippen LogP contribution in [0.1, 0.15) is 38.1 Å². The van der Waals surface area contributed by atoms with Crippen molar-refractivity contribution in [1.29, 1.82) is 0 Å². The van der Waals surface area contributed by atoms with Gasteiger partial charge in [0.05, 0.1) is 18.5 Å². The van der Waals surface area contributed by atoms with Gasteiger partial charge in [-0.15, -0.1) is 5.10 Å². The van der Waals surface area contributed by atoms with E-state index in [1.54, 1.807) is 0 Å². The summed E-state index contributed by atoms with van der Waals surface area (Å²) in [6.45, 7) is 3.42. The number of carboxylic acid groups (broad SMARTS) is 1. The van der Waals surface area contributed by atoms with Gasteiger partial charge in [-0.05, 0) is 43.2 Å². The van der Waals surface area contributed by atoms with Crippen molar-refractivity contribution in [2.24, 2.45) is 5.92 Å². The molecule has 1 aliphatic carbocycles. The monoisotopic (exact) mass is 251 g/mol. The number of rotatable bonds is 4. The second-order valence-electron chi connectivity index (χ2n) is 5.22. The van der Waals surface area contributed by atoms with E-state index in [1.165, 1.54) is 0 Å². The van der Waals surface area contributed by atoms with E-state index in [4.69, 9.17) is 5.11 Å². The van der Waals surface area contributed by atoms with E-state index in [1.807, 2.05) is 11.6 Å². The van der Waals surface area contributed by atoms with Gasteiger partial charge in [0.15, 0.2) is 5.82 Å². The van der Waals surface area contributed by atoms with Gasteiger partial charge in [-0.3, -0.25) is 9.69 Å². The number of hydrogen-bond acceptors (Lipinski definition) is 5. The fourth-order valence-corrected chi connectivity index (χ4v) is 2.66. The average Bonchev–Trinajstić information content (AvgIpc) is 2.97. The first-order valence-corrected chi connectivity index (χ1v) is 6.40. The zero-order chi connectivity index (χ0) is 12.7. The minimum atomic E-state index is -0.702. The predicted molar refractivity (Wildman–Crippen MR) is 61.7 cm³/mol. The van der Waals surface area contributed by atoms with Gasteiger partial charge in [-0.25, -0.2) is 4.68 Å². The third-order valence-electron chi connectivity index (χ3n) is 4.00. The van der Waals surface area contributed by atoms with Crippen molar-refractivity contribution in [2.75, 3.05) is 6.54 Å². The molecule has 2 atom stereocenters. The summed E-state index contributed by atoms with van der Waals surface area (Å²) < 4.78 is 1.89. The maximum atomic E-state index is 11.1. The van der Waals surface area contributed by atoms with Gasteiger partial charge in [-0.1, -0.05) is 0 Å². The third-order valence-corrected chi connectivity index (χ3v) is 4.00. The normalized spacial score (nSPS) is 28.7. The lowest BCUT2D eigenvalue weighted by atomic mass is 10.0. The van der Waals surface area contributed by atoms with Gasteiger partial charge in [0.25, 0.3) is 0 Å². The van der Waals surface area contributed by atoms with Crippen LogP contribution in [0.4, 0.5) is 0 Å². The van der Waals surface area contributed by atoms with E-state index >= 15 is 0 Å². The average molecular weight is 251 g/mol. The quantitative estimate of drug-likeness (QED) is 0.828. The Morgan fingerprint density at radius 3 is 2.83 bits per heavy atom. The molecule has 1 aliphatic heterocycles. The summed E-state index contributed by atoms with van der Waals surface area (Å²) in [5.41, 5.74) is 0. The zero-order valence-corrected chi connectivity index (χ0v) is 10.4. The van der Waals surface area contributed by atoms with Crippen molar-refractivity contribution >= 4 is 5.97 Å². The van der Waals surface area contributed by atoms with E-state index in [-0.39, 0.29) is 12.0 Å². The summed E-state index contributed by atoms with van der Waals surface area (Å²) in [7, 11) is 0. The van der Waals surface area contributed by atoms with Crippen LogP contribution in [0.15, 0.2) is 0 Å². The van der Waals surface area contributed by atoms with Crippen LogP contribution in [0.5, 0.6) is 0 Å². The standard InChI is InChI=1S/C11H17N5O2/c1-7-9(11(17)18)4-5-15(7)6-10-12-13-14-16(10)8-2-3-8/h7-9H,2-6H2,1H3,(H,17,18). The molecule has 1 N–H and O–H groups in total. The number of aromatic nitrogens is 4. The van der Waals surface area contributed by atoms with E-state index in [0.29, 0.717) is 19.0 Å². The number of carboxylic acids is 1. The van der Waals surface area contributed by atoms with Crippen LogP contribution >= 0.6 is 0 Å². The molecule has 2 fully saturated rings. The Bertz CT molecular complexity index is 456. The molecule has 98 valence electrons. The van der Waals surface area contributed by atoms with Gasteiger partial charge >= 0.3 is 5.97 Å². The highest BCUT2D eigenvalue weighted by atomic mass is 16.4. The van der Waals surface area contributed by atoms with Crippen LogP contribution in [0, 0.1) is 5.92 Å². The first-order valence-electron chi connectivity index (χ1n) is 6.40. The van der Waals surface area contributed by atoms with Crippen LogP contribution in [-0.4, -0.2) is 48.8 Å². The Morgan fingerprint density at radius 2 is 2.22 bits per heavy atom. The summed E-state index contributed by atoms with van der Waals surface area (Å²) in [6.07, 6.45) is 3.00. The molecule has 0 amide bonds. The molecular weight excluding hydrogens is 234 g/mol. The van der Waals surface area contributed by atoms with Crippen LogP contribution in [0.25, 0.3) is 0 Å². The second-order valence-corrected chi connectivity index (χ2v) is 5.22. The molecule has 0 bridgehead atoms. The number of likely N-dealkylation sites (tertiary alicyclic amines) is 1. The molecule has 2 aliphatic rings. The van der Waals surface area contributed by atoms with E-state index < -0.39 is 5.97 Å². The molecule has 7 heteroatoms. The molecule has 18 heavy (non-hydrogen) atoms. The lowest BCUT2D eigenvalue weighted by Gasteiger charge is -2.22. The molecule has 1 saturated heterocycles. The molecule has 2 unspecified atom stereocenters. The highest BCUT2D eigenvalue weighted by Gasteiger charge is 2.37. The van der Waals surface area contributed by atoms with Crippen LogP contribution in [0.2, 0.25) is 0 Å². The van der Waals surface area contributed by atoms with Crippen LogP contribution in [0.3, 0.4) is 0 Å². The highest BCUT2D eigenvalue weighted by molar-refractivity contribution is 5.71. The van der Waals surface area contributed by atoms with Crippen molar-refractivity contribution in [3.63, 3.8) is 0 Å². The zero-order valence-electron chi connectivity index (χ0n) is 10.4. The lowest BCUT2D eigenvalue weighted by molar-refractivity contribution is -0.142. The van der Waals surface area contributed by atoms with Gasteiger partial charge in [0, 0.05) is 6.04 Å². The fourth-order valence-electron chi connectivity index (χ4n) is 2.66. The summed E-state index contributed by atoms with van der Waals surface area (Å²) in [4.78, 5) is 13.2. The fraction of sp³-hybridized carbons (Fsp3) is 0.818. The Kier molecular flexibility index (Phi) is 2.77. The summed E-state index contributed by atoms with van der Waals surface area (Å²) in [5, 5.41) is 20.9. The number of aliphatic carboxylic acids is 1. The smallest absolute Gasteiger partial charge is 0.308 e. The number of tetrazole rings is 1. The minimum Gasteiger partial charge on any atom is -0.481 e. The van der Waals surface area contributed by atoms with Gasteiger partial charge in [-0.2, -0.15) is 0 Å². The topological polar surface area (TPSA) is 84.1 Å². The molecule has 3 rings (SSSR count). The van der Waals surface area contributed by atoms with E-state index in [2.05, 4.69) is 20.4 Å². The second kappa shape index (κ2) is 4.31. The first-order chi connectivity index (χ1) is 8.66. The SMILES string of the molecule is CC1C(C(=O)O)CCN1Cc1nnnn1C1CC1. The number of carbonyl (C=O) groups is 1. The van der Waals surface area contributed by atoms with Gasteiger partial charge in [0.2, 0.25) is 0 Å². The Labute approximate surface area is 105 Å². The minimum absolute atomic E-state index is 0.0480. The predicted octanol–water partition coefficient (Wildman–Crippen LogP) is 0.303. The molecule has 1 aromatic heterocycles. The number of nitrogens with zero attached hydrogens (tertiary/aromatic N) is 5. The van der Waals surface area contributed by atoms with E-state index in [0.717, 1.165) is 25.2 Å². The molecule has 0 spiro atoms. The van der Waals surface area contributed by atoms with Crippen molar-refractivity contribution in [2.45, 2.75) is 44.8 Å². The molecule has 2 heterocycles. The van der Waals surface area contributed by atoms with Crippen molar-refractivity contribution in [1.82, 2.24) is 25.1 Å². The van der Waals surface area contributed by atoms with Gasteiger partial charge in [0.1, 0.15) is 0 Å². The molecule has 1 aromatic rings. The Balaban J connectivity index is 1.69. The molecule has 7 nitrogen and oxygen atoms in total. The van der Waals surface area contributed by atoms with Crippen molar-refractivity contribution < 1.29 is 9.90 Å². The van der Waals surface area contributed by atoms with Crippen LogP contribution in [-0.2, 0) is 11.3 Å². The maximum absolute atomic E-state index is 11.1. The van der Waals surface area contributed by atoms with E-state index in [9.17, 15) is 4.79 Å². The third kappa shape index (κ3) is 1.98. The van der Waals surface area contributed by atoms with Crippen LogP contribution < -0.4 is 0 Å². The Hall–Kier alpha value is -1.50. The van der Waals surface area contributed by atoms with Gasteiger partial charge < -0.3 is 5.11 Å². The molecule has 0 aromatic carbocycles. The number of hydrogen-bond donors (Lipinski definition) is 1. The van der Waals surface area contributed by atoms with Crippen molar-refractivity contribution in [3.05, 3.63) is 5.82 Å².